The highest BCUT2D eigenvalue weighted by Gasteiger charge is 2.64. The first-order chi connectivity index (χ1) is 34.5. The minimum absolute atomic E-state index is 0.0245. The van der Waals surface area contributed by atoms with Crippen molar-refractivity contribution in [2.24, 2.45) is 40.4 Å². The molecular formula is C50H80O23. The van der Waals surface area contributed by atoms with Gasteiger partial charge in [0.2, 0.25) is 0 Å². The molecule has 3 saturated carbocycles. The highest BCUT2D eigenvalue weighted by Crippen LogP contribution is 2.67. The topological polar surface area (TPSA) is 360 Å². The first-order valence-electron chi connectivity index (χ1n) is 26.1. The Kier molecular flexibility index (Phi) is 18.2. The number of aliphatic hydroxyl groups excluding tert-OH is 12. The largest absolute Gasteiger partial charge is 0.462 e. The standard InChI is InChI=1S/C50H80O23/c1-20(18-65-45-40(62)38(60)36(58)30(16-51)70-45)6-9-32(55)69-29-15-27-25-8-7-23-14-24(10-12-49(23,4)26(25)11-13-50(27,5)33(29)21(2)53)68-48-44(73-47-41(63)37(59)34(56)22(3)67-47)42(64)43(31(17-52)71-48)72-46-39(61)35(57)28(54)19-66-46/h7,20,22,24-31,33-48,51-52,54,56-64H,6,8-19H2,1-5H3. The maximum atomic E-state index is 13.5. The van der Waals surface area contributed by atoms with Crippen LogP contribution in [0, 0.1) is 40.4 Å². The van der Waals surface area contributed by atoms with Crippen LogP contribution in [-0.4, -0.2) is 228 Å². The van der Waals surface area contributed by atoms with E-state index in [9.17, 15) is 70.9 Å². The molecule has 12 N–H and O–H groups in total. The van der Waals surface area contributed by atoms with Crippen molar-refractivity contribution in [2.45, 2.75) is 221 Å². The van der Waals surface area contributed by atoms with E-state index < -0.39 is 166 Å². The second-order valence-electron chi connectivity index (χ2n) is 22.7. The number of carbonyl (C=O) groups is 2. The number of ether oxygens (including phenoxy) is 9. The van der Waals surface area contributed by atoms with E-state index in [1.165, 1.54) is 12.5 Å². The third-order valence-electron chi connectivity index (χ3n) is 18.0. The zero-order chi connectivity index (χ0) is 53.0. The lowest BCUT2D eigenvalue weighted by atomic mass is 9.47. The lowest BCUT2D eigenvalue weighted by Gasteiger charge is -2.58. The van der Waals surface area contributed by atoms with E-state index in [1.807, 2.05) is 6.92 Å². The van der Waals surface area contributed by atoms with E-state index in [2.05, 4.69) is 19.9 Å². The summed E-state index contributed by atoms with van der Waals surface area (Å²) in [5.41, 5.74) is 0.520. The summed E-state index contributed by atoms with van der Waals surface area (Å²) in [5, 5.41) is 125. The maximum absolute atomic E-state index is 13.5. The Hall–Kier alpha value is -1.92. The summed E-state index contributed by atoms with van der Waals surface area (Å²) in [5.74, 6) is -0.631. The maximum Gasteiger partial charge on any atom is 0.306 e. The number of fused-ring (bicyclic) bond motifs is 5. The van der Waals surface area contributed by atoms with E-state index in [0.29, 0.717) is 32.1 Å². The number of rotatable bonds is 16. The van der Waals surface area contributed by atoms with Gasteiger partial charge < -0.3 is 104 Å². The molecule has 28 atom stereocenters. The molecule has 4 aliphatic heterocycles. The number of carbonyl (C=O) groups excluding carboxylic acids is 2. The molecule has 4 aliphatic carbocycles. The second-order valence-corrected chi connectivity index (χ2v) is 22.7. The minimum atomic E-state index is -1.77. The number of allylic oxidation sites excluding steroid dienone is 1. The van der Waals surface area contributed by atoms with Gasteiger partial charge in [-0.15, -0.1) is 0 Å². The van der Waals surface area contributed by atoms with Crippen LogP contribution in [0.4, 0.5) is 0 Å². The summed E-state index contributed by atoms with van der Waals surface area (Å²) in [6, 6.07) is 0. The first-order valence-corrected chi connectivity index (χ1v) is 26.1. The summed E-state index contributed by atoms with van der Waals surface area (Å²) in [7, 11) is 0. The van der Waals surface area contributed by atoms with Crippen molar-refractivity contribution in [1.29, 1.82) is 0 Å². The summed E-state index contributed by atoms with van der Waals surface area (Å²) in [6.45, 7) is 7.65. The fraction of sp³-hybridized carbons (Fsp3) is 0.920. The number of hydrogen-bond donors (Lipinski definition) is 12. The first kappa shape index (κ1) is 57.3. The lowest BCUT2D eigenvalue weighted by Crippen LogP contribution is -2.66. The van der Waals surface area contributed by atoms with Crippen molar-refractivity contribution < 1.29 is 113 Å². The van der Waals surface area contributed by atoms with Gasteiger partial charge >= 0.3 is 5.97 Å². The van der Waals surface area contributed by atoms with Crippen LogP contribution in [-0.2, 0) is 52.2 Å². The summed E-state index contributed by atoms with van der Waals surface area (Å²) in [6.07, 6.45) is -22.2. The van der Waals surface area contributed by atoms with Gasteiger partial charge in [-0.3, -0.25) is 9.59 Å². The van der Waals surface area contributed by atoms with Crippen LogP contribution in [0.15, 0.2) is 11.6 Å². The SMILES string of the molecule is CC(=O)C1C(OC(=O)CCC(C)COC2OC(CO)C(O)C(O)C2O)CC2C3CC=C4CC(OC5OC(CO)C(OC6OCC(O)C(O)C6O)C(O)C5OC5OC(C)C(O)C(O)C5O)CCC4(C)C3CCC21C. The van der Waals surface area contributed by atoms with E-state index in [4.69, 9.17) is 42.6 Å². The van der Waals surface area contributed by atoms with Gasteiger partial charge in [0.1, 0.15) is 97.3 Å². The normalized spacial score (nSPS) is 50.5. The van der Waals surface area contributed by atoms with E-state index in [1.54, 1.807) is 6.92 Å². The van der Waals surface area contributed by atoms with E-state index in [0.717, 1.165) is 19.3 Å². The van der Waals surface area contributed by atoms with E-state index in [-0.39, 0.29) is 47.9 Å². The smallest absolute Gasteiger partial charge is 0.306 e. The van der Waals surface area contributed by atoms with Crippen LogP contribution in [0.2, 0.25) is 0 Å². The Balaban J connectivity index is 0.919. The lowest BCUT2D eigenvalue weighted by molar-refractivity contribution is -0.385. The van der Waals surface area contributed by atoms with Gasteiger partial charge in [0.25, 0.3) is 0 Å². The highest BCUT2D eigenvalue weighted by atomic mass is 16.8. The molecule has 28 unspecified atom stereocenters. The Morgan fingerprint density at radius 2 is 1.38 bits per heavy atom. The molecule has 7 fully saturated rings. The summed E-state index contributed by atoms with van der Waals surface area (Å²) >= 11 is 0. The Morgan fingerprint density at radius 3 is 2.08 bits per heavy atom. The minimum Gasteiger partial charge on any atom is -0.462 e. The van der Waals surface area contributed by atoms with Gasteiger partial charge in [-0.05, 0) is 99.7 Å². The molecule has 0 spiro atoms. The second kappa shape index (κ2) is 23.2. The molecule has 0 radical (unpaired) electrons. The Labute approximate surface area is 424 Å². The van der Waals surface area contributed by atoms with Crippen molar-refractivity contribution in [2.75, 3.05) is 26.4 Å². The fourth-order valence-electron chi connectivity index (χ4n) is 13.7. The molecule has 0 amide bonds. The van der Waals surface area contributed by atoms with Crippen LogP contribution in [0.3, 0.4) is 0 Å². The van der Waals surface area contributed by atoms with Crippen LogP contribution in [0.1, 0.15) is 92.4 Å². The molecule has 4 heterocycles. The number of hydrogen-bond acceptors (Lipinski definition) is 23. The number of aliphatic hydroxyl groups is 12. The molecular weight excluding hydrogens is 969 g/mol. The zero-order valence-corrected chi connectivity index (χ0v) is 42.1. The molecule has 4 saturated heterocycles. The van der Waals surface area contributed by atoms with Gasteiger partial charge in [0.15, 0.2) is 25.2 Å². The zero-order valence-electron chi connectivity index (χ0n) is 42.1. The van der Waals surface area contributed by atoms with Crippen LogP contribution in [0.25, 0.3) is 0 Å². The van der Waals surface area contributed by atoms with Crippen molar-refractivity contribution in [3.8, 4) is 0 Å². The fourth-order valence-corrected chi connectivity index (χ4v) is 13.7. The van der Waals surface area contributed by atoms with Gasteiger partial charge in [-0.25, -0.2) is 0 Å². The summed E-state index contributed by atoms with van der Waals surface area (Å²) in [4.78, 5) is 27.0. The average molecular weight is 1050 g/mol. The predicted octanol–water partition coefficient (Wildman–Crippen LogP) is -2.59. The van der Waals surface area contributed by atoms with Crippen molar-refractivity contribution in [3.05, 3.63) is 11.6 Å². The van der Waals surface area contributed by atoms with Gasteiger partial charge in [-0.2, -0.15) is 0 Å². The predicted molar refractivity (Wildman–Crippen MR) is 246 cm³/mol. The molecule has 8 rings (SSSR count). The molecule has 0 aromatic carbocycles. The van der Waals surface area contributed by atoms with Gasteiger partial charge in [0, 0.05) is 6.42 Å². The quantitative estimate of drug-likeness (QED) is 0.0557. The van der Waals surface area contributed by atoms with E-state index >= 15 is 0 Å². The van der Waals surface area contributed by atoms with Crippen LogP contribution in [0.5, 0.6) is 0 Å². The molecule has 0 bridgehead atoms. The van der Waals surface area contributed by atoms with Crippen molar-refractivity contribution in [1.82, 2.24) is 0 Å². The van der Waals surface area contributed by atoms with Crippen molar-refractivity contribution in [3.63, 3.8) is 0 Å². The van der Waals surface area contributed by atoms with Crippen LogP contribution >= 0.6 is 0 Å². The molecule has 418 valence electrons. The number of Topliss-reactive ketones (excluding diaryl/α,β-unsaturated/α-hetero) is 1. The number of esters is 1. The Bertz CT molecular complexity index is 1910. The molecule has 0 aromatic rings. The average Bonchev–Trinajstić information content (AvgIpc) is 3.66. The van der Waals surface area contributed by atoms with Gasteiger partial charge in [0.05, 0.1) is 44.6 Å². The Morgan fingerprint density at radius 1 is 0.726 bits per heavy atom. The highest BCUT2D eigenvalue weighted by molar-refractivity contribution is 5.81. The monoisotopic (exact) mass is 1050 g/mol. The third-order valence-corrected chi connectivity index (χ3v) is 18.0. The number of ketones is 1. The molecule has 8 aliphatic rings. The molecule has 0 aromatic heterocycles. The third kappa shape index (κ3) is 11.2. The summed E-state index contributed by atoms with van der Waals surface area (Å²) < 4.78 is 53.4. The van der Waals surface area contributed by atoms with Crippen LogP contribution < -0.4 is 0 Å². The molecule has 23 heteroatoms. The van der Waals surface area contributed by atoms with Crippen molar-refractivity contribution >= 4 is 11.8 Å². The molecule has 73 heavy (non-hydrogen) atoms. The van der Waals surface area contributed by atoms with Gasteiger partial charge in [-0.1, -0.05) is 32.4 Å². The molecule has 23 nitrogen and oxygen atoms in total.